The van der Waals surface area contributed by atoms with Crippen LogP contribution in [-0.4, -0.2) is 149 Å². The van der Waals surface area contributed by atoms with Gasteiger partial charge in [-0.1, -0.05) is 55.0 Å². The summed E-state index contributed by atoms with van der Waals surface area (Å²) >= 11 is 0. The number of fused-ring (bicyclic) bond motifs is 8. The molecule has 20 aromatic rings. The smallest absolute Gasteiger partial charge is 0.149 e. The van der Waals surface area contributed by atoms with Gasteiger partial charge in [0, 0.05) is 185 Å². The lowest BCUT2D eigenvalue weighted by Gasteiger charge is -2.40. The Hall–Kier alpha value is -15.0. The molecule has 1 saturated carbocycles. The first-order valence-corrected chi connectivity index (χ1v) is 53.7. The average Bonchev–Trinajstić information content (AvgIpc) is 1.56. The van der Waals surface area contributed by atoms with Crippen LogP contribution < -0.4 is 35.6 Å². The van der Waals surface area contributed by atoms with Gasteiger partial charge in [-0.05, 0) is 411 Å². The summed E-state index contributed by atoms with van der Waals surface area (Å²) in [5.41, 5.74) is 35.8. The monoisotopic (exact) mass is 1990 g/mol. The Balaban J connectivity index is 0.000000104. The van der Waals surface area contributed by atoms with E-state index in [0.29, 0.717) is 43.7 Å². The van der Waals surface area contributed by atoms with Gasteiger partial charge in [-0.2, -0.15) is 0 Å². The standard InChI is InChI=1S/3C32H32FN5.C31H29FN4/c1-21-14-27-26(16-22(2)36-31(27)28(33)15-21)29-18-35-30-17-24(8-12-38(29)30)23-4-6-25(7-5-23)37-13-10-32(20-37)9-3-11-34-19-32;1-21-15-27-26(17-22(2)36-31(27)28(33)16-21)29-19-35-30-18-24(7-13-38(29)30)23-3-5-25(6-4-23)37-14-10-32(20-37)8-11-34-12-9-32;1-21-15-27-26(17-22(2)36-31(27)28(33)16-21)29-19-35-30-18-24(7-12-38(29)30)23-3-5-25(6-4-23)37-13-9-32(10-14-37)8-11-34-20-32;1-20-14-26-25(16-21(2)34-30(26)27(32)15-20)28-18-33-29-17-23(8-12-36(28)29)22-4-6-24(7-5-22)35-13-11-31(19-35)9-3-10-31/h4-8,12,14-18,34H,3,9-11,13,19-20H2,1-2H3;3-7,13,15-19,34H,8-12,14,20H2,1-2H3;3-7,12,15-19,34H,8-11,13-14,20H2,1-2H3;4-8,12,14-18H,3,9-11,13,19H2,1-2H3. The highest BCUT2D eigenvalue weighted by molar-refractivity contribution is 5.99. The Morgan fingerprint density at radius 3 is 0.807 bits per heavy atom. The fraction of sp³-hybridized carbons (Fsp3) is 0.307. The maximum Gasteiger partial charge on any atom is 0.149 e. The minimum atomic E-state index is -0.288. The minimum Gasteiger partial charge on any atom is -0.371 e. The zero-order valence-electron chi connectivity index (χ0n) is 86.7. The first-order valence-electron chi connectivity index (χ1n) is 53.7. The highest BCUT2D eigenvalue weighted by Crippen LogP contribution is 2.51. The van der Waals surface area contributed by atoms with Gasteiger partial charge in [0.05, 0.1) is 47.6 Å². The first-order chi connectivity index (χ1) is 72.9. The lowest BCUT2D eigenvalue weighted by atomic mass is 9.68. The van der Waals surface area contributed by atoms with Gasteiger partial charge in [-0.3, -0.25) is 37.5 Å². The van der Waals surface area contributed by atoms with Crippen molar-refractivity contribution in [1.29, 1.82) is 0 Å². The molecule has 3 N–H and O–H groups in total. The molecule has 19 heterocycles. The third-order valence-electron chi connectivity index (χ3n) is 34.1. The molecule has 23 heteroatoms. The third-order valence-corrected chi connectivity index (χ3v) is 34.1. The van der Waals surface area contributed by atoms with Gasteiger partial charge in [0.15, 0.2) is 0 Å². The number of aromatic nitrogens is 12. The van der Waals surface area contributed by atoms with Crippen molar-refractivity contribution in [2.24, 2.45) is 21.7 Å². The van der Waals surface area contributed by atoms with Crippen LogP contribution in [0.3, 0.4) is 0 Å². The largest absolute Gasteiger partial charge is 0.371 e. The summed E-state index contributed by atoms with van der Waals surface area (Å²) in [5, 5.41) is 13.9. The molecule has 12 aromatic heterocycles. The van der Waals surface area contributed by atoms with E-state index < -0.39 is 0 Å². The van der Waals surface area contributed by atoms with Crippen molar-refractivity contribution >= 4 is 88.9 Å². The Kier molecular flexibility index (Phi) is 24.8. The number of nitrogens with zero attached hydrogens (tertiary/aromatic N) is 16. The number of benzene rings is 8. The number of pyridine rings is 8. The van der Waals surface area contributed by atoms with Crippen LogP contribution in [0.25, 0.3) is 156 Å². The molecule has 8 aromatic carbocycles. The molecule has 756 valence electrons. The molecule has 8 aliphatic rings. The fourth-order valence-corrected chi connectivity index (χ4v) is 25.7. The zero-order chi connectivity index (χ0) is 102. The van der Waals surface area contributed by atoms with E-state index in [4.69, 9.17) is 19.9 Å². The molecule has 0 radical (unpaired) electrons. The zero-order valence-corrected chi connectivity index (χ0v) is 86.7. The molecule has 19 nitrogen and oxygen atoms in total. The van der Waals surface area contributed by atoms with Crippen LogP contribution >= 0.6 is 0 Å². The van der Waals surface area contributed by atoms with Crippen molar-refractivity contribution in [1.82, 2.24) is 73.4 Å². The van der Waals surface area contributed by atoms with Gasteiger partial charge in [0.25, 0.3) is 0 Å². The van der Waals surface area contributed by atoms with Gasteiger partial charge in [0.2, 0.25) is 0 Å². The number of nitrogens with one attached hydrogen (secondary N) is 3. The van der Waals surface area contributed by atoms with Crippen molar-refractivity contribution < 1.29 is 17.6 Å². The molecular formula is C127H125F4N19. The maximum absolute atomic E-state index is 14.7. The van der Waals surface area contributed by atoms with E-state index in [9.17, 15) is 17.6 Å². The summed E-state index contributed by atoms with van der Waals surface area (Å²) < 4.78 is 67.2. The van der Waals surface area contributed by atoms with Crippen LogP contribution in [0, 0.1) is 100 Å². The lowest BCUT2D eigenvalue weighted by Crippen LogP contribution is -2.41. The quantitative estimate of drug-likeness (QED) is 0.0987. The first kappa shape index (κ1) is 95.8. The summed E-state index contributed by atoms with van der Waals surface area (Å²) in [4.78, 5) is 47.0. The number of piperidine rings is 3. The molecule has 1 aliphatic carbocycles. The van der Waals surface area contributed by atoms with Crippen molar-refractivity contribution in [3.8, 4) is 89.5 Å². The lowest BCUT2D eigenvalue weighted by molar-refractivity contribution is 0.165. The molecular weight excluding hydrogens is 1870 g/mol. The number of hydrogen-bond acceptors (Lipinski definition) is 15. The van der Waals surface area contributed by atoms with Gasteiger partial charge in [-0.15, -0.1) is 0 Å². The van der Waals surface area contributed by atoms with Crippen molar-refractivity contribution in [2.45, 2.75) is 139 Å². The summed E-state index contributed by atoms with van der Waals surface area (Å²) in [7, 11) is 0. The highest BCUT2D eigenvalue weighted by atomic mass is 19.1. The van der Waals surface area contributed by atoms with Gasteiger partial charge >= 0.3 is 0 Å². The van der Waals surface area contributed by atoms with Gasteiger partial charge in [0.1, 0.15) is 67.9 Å². The van der Waals surface area contributed by atoms with Crippen LogP contribution in [-0.2, 0) is 0 Å². The molecule has 1 unspecified atom stereocenters. The third kappa shape index (κ3) is 18.4. The Bertz CT molecular complexity index is 8360. The predicted molar refractivity (Wildman–Crippen MR) is 600 cm³/mol. The summed E-state index contributed by atoms with van der Waals surface area (Å²) in [5.74, 6) is -1.15. The Morgan fingerprint density at radius 1 is 0.247 bits per heavy atom. The van der Waals surface area contributed by atoms with Crippen LogP contribution in [0.4, 0.5) is 40.3 Å². The van der Waals surface area contributed by atoms with Crippen molar-refractivity contribution in [3.63, 3.8) is 0 Å². The van der Waals surface area contributed by atoms with Gasteiger partial charge in [-0.25, -0.2) is 37.5 Å². The van der Waals surface area contributed by atoms with E-state index in [0.717, 1.165) is 215 Å². The number of aryl methyl sites for hydroxylation is 8. The van der Waals surface area contributed by atoms with Crippen LogP contribution in [0.2, 0.25) is 0 Å². The van der Waals surface area contributed by atoms with Crippen LogP contribution in [0.5, 0.6) is 0 Å². The summed E-state index contributed by atoms with van der Waals surface area (Å²) in [6.07, 6.45) is 33.0. The topological polar surface area (TPSA) is 170 Å². The number of anilines is 4. The normalized spacial score (nSPS) is 17.7. The highest BCUT2D eigenvalue weighted by Gasteiger charge is 2.44. The van der Waals surface area contributed by atoms with Crippen LogP contribution in [0.15, 0.2) is 268 Å². The Morgan fingerprint density at radius 2 is 0.513 bits per heavy atom. The average molecular weight is 1990 g/mol. The SMILES string of the molecule is Cc1cc(F)c2nc(C)cc(-c3cnc4cc(-c5ccc(N6CCC7(CCC7)C6)cc5)ccn34)c2c1.Cc1cc(F)c2nc(C)cc(-c3cnc4cc(-c5ccc(N6CCC7(CCCNC7)C6)cc5)ccn34)c2c1.Cc1cc(F)c2nc(C)cc(-c3cnc4cc(-c5ccc(N6CCC7(CCNC7)CC6)cc5)ccn34)c2c1.Cc1cc(F)c2nc(C)cc(-c3cnc4cc(-c5ccc(N6CCC7(CCNCC7)C6)cc5)ccn34)c2c1. The molecule has 4 spiro atoms. The van der Waals surface area contributed by atoms with E-state index in [-0.39, 0.29) is 23.3 Å². The van der Waals surface area contributed by atoms with E-state index in [2.05, 4.69) is 243 Å². The summed E-state index contributed by atoms with van der Waals surface area (Å²) in [6, 6.07) is 75.1. The van der Waals surface area contributed by atoms with Crippen molar-refractivity contribution in [3.05, 3.63) is 336 Å². The molecule has 8 fully saturated rings. The second-order valence-corrected chi connectivity index (χ2v) is 44.5. The molecule has 7 saturated heterocycles. The number of hydrogen-bond donors (Lipinski definition) is 3. The van der Waals surface area contributed by atoms with E-state index in [1.165, 1.54) is 161 Å². The molecule has 7 aliphatic heterocycles. The van der Waals surface area contributed by atoms with E-state index in [1.807, 2.05) is 129 Å². The van der Waals surface area contributed by atoms with Crippen LogP contribution in [0.1, 0.15) is 129 Å². The number of rotatable bonds is 12. The predicted octanol–water partition coefficient (Wildman–Crippen LogP) is 27.0. The Labute approximate surface area is 872 Å². The number of imidazole rings is 4. The number of halogens is 4. The fourth-order valence-electron chi connectivity index (χ4n) is 25.7. The minimum absolute atomic E-state index is 0.286. The van der Waals surface area contributed by atoms with Gasteiger partial charge < -0.3 is 35.6 Å². The van der Waals surface area contributed by atoms with E-state index >= 15 is 0 Å². The molecule has 150 heavy (non-hydrogen) atoms. The van der Waals surface area contributed by atoms with Crippen molar-refractivity contribution in [2.75, 3.05) is 111 Å². The second kappa shape index (κ2) is 38.8. The second-order valence-electron chi connectivity index (χ2n) is 44.5. The maximum atomic E-state index is 14.7. The summed E-state index contributed by atoms with van der Waals surface area (Å²) in [6.45, 7) is 31.5. The molecule has 1 atom stereocenters. The van der Waals surface area contributed by atoms with E-state index in [1.54, 1.807) is 24.3 Å². The molecule has 0 amide bonds. The molecule has 0 bridgehead atoms. The molecule has 28 rings (SSSR count).